The first kappa shape index (κ1) is 13.4. The van der Waals surface area contributed by atoms with E-state index >= 15 is 0 Å². The van der Waals surface area contributed by atoms with Crippen LogP contribution >= 0.6 is 0 Å². The Hall–Kier alpha value is -1.61. The Morgan fingerprint density at radius 2 is 2.00 bits per heavy atom. The molecule has 3 nitrogen and oxygen atoms in total. The van der Waals surface area contributed by atoms with Gasteiger partial charge in [0.1, 0.15) is 0 Å². The number of hydrogen-bond acceptors (Lipinski definition) is 2. The van der Waals surface area contributed by atoms with Crippen LogP contribution in [0.1, 0.15) is 48.5 Å². The van der Waals surface area contributed by atoms with Crippen LogP contribution in [0.3, 0.4) is 0 Å². The molecule has 3 heteroatoms. The first-order valence-electron chi connectivity index (χ1n) is 7.62. The predicted molar refractivity (Wildman–Crippen MR) is 81.3 cm³/mol. The van der Waals surface area contributed by atoms with Gasteiger partial charge in [0.2, 0.25) is 0 Å². The van der Waals surface area contributed by atoms with E-state index in [1.807, 2.05) is 6.20 Å². The molecule has 0 spiro atoms. The molecule has 3 rings (SSSR count). The number of H-pyrrole nitrogens is 1. The molecule has 1 saturated carbocycles. The molecule has 1 aromatic carbocycles. The largest absolute Gasteiger partial charge is 0.305 e. The van der Waals surface area contributed by atoms with E-state index in [0.717, 1.165) is 18.2 Å². The van der Waals surface area contributed by atoms with Crippen molar-refractivity contribution in [3.8, 4) is 0 Å². The Labute approximate surface area is 120 Å². The lowest BCUT2D eigenvalue weighted by Crippen LogP contribution is -2.27. The molecular formula is C17H23N3. The fraction of sp³-hybridized carbons (Fsp3) is 0.471. The van der Waals surface area contributed by atoms with Crippen molar-refractivity contribution in [2.75, 3.05) is 0 Å². The van der Waals surface area contributed by atoms with Crippen LogP contribution in [0.25, 0.3) is 0 Å². The summed E-state index contributed by atoms with van der Waals surface area (Å²) in [6.07, 6.45) is 7.37. The van der Waals surface area contributed by atoms with Crippen LogP contribution < -0.4 is 5.32 Å². The van der Waals surface area contributed by atoms with Crippen molar-refractivity contribution in [2.24, 2.45) is 5.92 Å². The summed E-state index contributed by atoms with van der Waals surface area (Å²) in [6, 6.07) is 11.3. The second-order valence-corrected chi connectivity index (χ2v) is 5.83. The van der Waals surface area contributed by atoms with E-state index in [-0.39, 0.29) is 0 Å². The number of aromatic nitrogens is 2. The highest BCUT2D eigenvalue weighted by Gasteiger charge is 2.25. The zero-order valence-corrected chi connectivity index (χ0v) is 12.1. The van der Waals surface area contributed by atoms with Gasteiger partial charge in [0.05, 0.1) is 6.20 Å². The quantitative estimate of drug-likeness (QED) is 0.868. The highest BCUT2D eigenvalue weighted by atomic mass is 15.1. The SMILES string of the molecule is Cc1[nH]ncc1CNC(c1ccccc1)C1CCCC1. The summed E-state index contributed by atoms with van der Waals surface area (Å²) in [4.78, 5) is 0. The third kappa shape index (κ3) is 2.93. The molecule has 0 aliphatic heterocycles. The minimum atomic E-state index is 0.466. The number of benzene rings is 1. The molecule has 0 radical (unpaired) electrons. The topological polar surface area (TPSA) is 40.7 Å². The molecule has 1 fully saturated rings. The van der Waals surface area contributed by atoms with E-state index in [0.29, 0.717) is 6.04 Å². The van der Waals surface area contributed by atoms with Gasteiger partial charge in [0, 0.05) is 23.8 Å². The second kappa shape index (κ2) is 6.23. The van der Waals surface area contributed by atoms with Crippen LogP contribution in [0.2, 0.25) is 0 Å². The minimum Gasteiger partial charge on any atom is -0.305 e. The summed E-state index contributed by atoms with van der Waals surface area (Å²) in [7, 11) is 0. The molecule has 2 aromatic rings. The molecule has 1 heterocycles. The summed E-state index contributed by atoms with van der Waals surface area (Å²) in [5, 5.41) is 10.9. The van der Waals surface area contributed by atoms with E-state index in [1.54, 1.807) is 0 Å². The van der Waals surface area contributed by atoms with Gasteiger partial charge in [-0.25, -0.2) is 0 Å². The van der Waals surface area contributed by atoms with E-state index in [1.165, 1.54) is 36.8 Å². The lowest BCUT2D eigenvalue weighted by atomic mass is 9.91. The Morgan fingerprint density at radius 3 is 2.65 bits per heavy atom. The third-order valence-electron chi connectivity index (χ3n) is 4.48. The van der Waals surface area contributed by atoms with Gasteiger partial charge in [-0.3, -0.25) is 5.10 Å². The van der Waals surface area contributed by atoms with Gasteiger partial charge in [0.15, 0.2) is 0 Å². The van der Waals surface area contributed by atoms with Gasteiger partial charge in [-0.15, -0.1) is 0 Å². The lowest BCUT2D eigenvalue weighted by Gasteiger charge is -2.25. The average Bonchev–Trinajstić information content (AvgIpc) is 3.13. The van der Waals surface area contributed by atoms with Crippen LogP contribution in [0.5, 0.6) is 0 Å². The summed E-state index contributed by atoms with van der Waals surface area (Å²) in [5.41, 5.74) is 3.85. The molecule has 1 atom stereocenters. The first-order valence-corrected chi connectivity index (χ1v) is 7.62. The average molecular weight is 269 g/mol. The molecule has 1 unspecified atom stereocenters. The first-order chi connectivity index (χ1) is 9.84. The smallest absolute Gasteiger partial charge is 0.0535 e. The van der Waals surface area contributed by atoms with Crippen molar-refractivity contribution >= 4 is 0 Å². The number of aromatic amines is 1. The fourth-order valence-corrected chi connectivity index (χ4v) is 3.28. The molecule has 1 aromatic heterocycles. The van der Waals surface area contributed by atoms with Crippen LogP contribution in [-0.4, -0.2) is 10.2 Å². The normalized spacial score (nSPS) is 17.4. The van der Waals surface area contributed by atoms with E-state index in [9.17, 15) is 0 Å². The van der Waals surface area contributed by atoms with Gasteiger partial charge >= 0.3 is 0 Å². The maximum atomic E-state index is 4.10. The number of hydrogen-bond donors (Lipinski definition) is 2. The van der Waals surface area contributed by atoms with Crippen molar-refractivity contribution in [1.82, 2.24) is 15.5 Å². The third-order valence-corrected chi connectivity index (χ3v) is 4.48. The number of nitrogens with zero attached hydrogens (tertiary/aromatic N) is 1. The van der Waals surface area contributed by atoms with Crippen molar-refractivity contribution in [3.05, 3.63) is 53.3 Å². The standard InChI is InChI=1S/C17H23N3/c1-13-16(12-19-20-13)11-18-17(15-9-5-6-10-15)14-7-3-2-4-8-14/h2-4,7-8,12,15,17-18H,5-6,9-11H2,1H3,(H,19,20). The molecule has 2 N–H and O–H groups in total. The molecule has 1 aliphatic carbocycles. The minimum absolute atomic E-state index is 0.466. The summed E-state index contributed by atoms with van der Waals surface area (Å²) >= 11 is 0. The van der Waals surface area contributed by atoms with Crippen LogP contribution in [0.15, 0.2) is 36.5 Å². The van der Waals surface area contributed by atoms with Crippen molar-refractivity contribution < 1.29 is 0 Å². The van der Waals surface area contributed by atoms with Gasteiger partial charge in [-0.1, -0.05) is 43.2 Å². The van der Waals surface area contributed by atoms with Crippen LogP contribution in [0.4, 0.5) is 0 Å². The highest BCUT2D eigenvalue weighted by Crippen LogP contribution is 2.35. The van der Waals surface area contributed by atoms with Crippen LogP contribution in [0, 0.1) is 12.8 Å². The Kier molecular flexibility index (Phi) is 4.16. The molecule has 0 saturated heterocycles. The van der Waals surface area contributed by atoms with Gasteiger partial charge < -0.3 is 5.32 Å². The van der Waals surface area contributed by atoms with Crippen LogP contribution in [-0.2, 0) is 6.54 Å². The summed E-state index contributed by atoms with van der Waals surface area (Å²) < 4.78 is 0. The van der Waals surface area contributed by atoms with E-state index in [2.05, 4.69) is 52.8 Å². The molecule has 106 valence electrons. The number of aryl methyl sites for hydroxylation is 1. The van der Waals surface area contributed by atoms with Gasteiger partial charge in [-0.2, -0.15) is 5.10 Å². The monoisotopic (exact) mass is 269 g/mol. The zero-order valence-electron chi connectivity index (χ0n) is 12.1. The van der Waals surface area contributed by atoms with Crippen molar-refractivity contribution in [1.29, 1.82) is 0 Å². The summed E-state index contributed by atoms with van der Waals surface area (Å²) in [6.45, 7) is 2.97. The molecule has 0 amide bonds. The van der Waals surface area contributed by atoms with Gasteiger partial charge in [0.25, 0.3) is 0 Å². The maximum Gasteiger partial charge on any atom is 0.0535 e. The molecule has 0 bridgehead atoms. The number of rotatable bonds is 5. The maximum absolute atomic E-state index is 4.10. The Morgan fingerprint density at radius 1 is 1.25 bits per heavy atom. The fourth-order valence-electron chi connectivity index (χ4n) is 3.28. The second-order valence-electron chi connectivity index (χ2n) is 5.83. The van der Waals surface area contributed by atoms with E-state index in [4.69, 9.17) is 0 Å². The van der Waals surface area contributed by atoms with E-state index < -0.39 is 0 Å². The van der Waals surface area contributed by atoms with Crippen molar-refractivity contribution in [2.45, 2.75) is 45.2 Å². The molecular weight excluding hydrogens is 246 g/mol. The highest BCUT2D eigenvalue weighted by molar-refractivity contribution is 5.21. The zero-order chi connectivity index (χ0) is 13.8. The predicted octanol–water partition coefficient (Wildman–Crippen LogP) is 3.74. The van der Waals surface area contributed by atoms with Gasteiger partial charge in [-0.05, 0) is 31.2 Å². The summed E-state index contributed by atoms with van der Waals surface area (Å²) in [5.74, 6) is 0.768. The lowest BCUT2D eigenvalue weighted by molar-refractivity contribution is 0.365. The molecule has 1 aliphatic rings. The Balaban J connectivity index is 1.74. The Bertz CT molecular complexity index is 526. The van der Waals surface area contributed by atoms with Crippen molar-refractivity contribution in [3.63, 3.8) is 0 Å². The number of nitrogens with one attached hydrogen (secondary N) is 2. The molecule has 20 heavy (non-hydrogen) atoms.